The summed E-state index contributed by atoms with van der Waals surface area (Å²) in [6, 6.07) is 4.20. The van der Waals surface area contributed by atoms with Crippen LogP contribution in [0.25, 0.3) is 0 Å². The molecule has 1 aliphatic carbocycles. The van der Waals surface area contributed by atoms with E-state index >= 15 is 0 Å². The van der Waals surface area contributed by atoms with Crippen molar-refractivity contribution in [3.8, 4) is 0 Å². The Morgan fingerprint density at radius 2 is 2.00 bits per heavy atom. The third-order valence-electron chi connectivity index (χ3n) is 3.07. The highest BCUT2D eigenvalue weighted by molar-refractivity contribution is 6.21. The Morgan fingerprint density at radius 1 is 1.40 bits per heavy atom. The van der Waals surface area contributed by atoms with Crippen LogP contribution in [0.5, 0.6) is 0 Å². The first-order valence-corrected chi connectivity index (χ1v) is 5.85. The third kappa shape index (κ3) is 1.93. The van der Waals surface area contributed by atoms with Crippen molar-refractivity contribution in [3.05, 3.63) is 34.4 Å². The largest absolute Gasteiger partial charge is 0.295 e. The van der Waals surface area contributed by atoms with E-state index in [4.69, 9.17) is 11.6 Å². The van der Waals surface area contributed by atoms with Crippen LogP contribution < -0.4 is 0 Å². The van der Waals surface area contributed by atoms with Gasteiger partial charge in [0.1, 0.15) is 0 Å². The van der Waals surface area contributed by atoms with Gasteiger partial charge in [-0.15, -0.1) is 11.6 Å². The smallest absolute Gasteiger partial charge is 0.160 e. The Kier molecular flexibility index (Phi) is 2.83. The average molecular weight is 223 g/mol. The van der Waals surface area contributed by atoms with E-state index in [2.05, 4.69) is 13.0 Å². The molecule has 0 bridgehead atoms. The number of hydrogen-bond donors (Lipinski definition) is 0. The molecule has 1 aliphatic rings. The number of carbonyl (C=O) groups excluding carboxylic acids is 1. The Labute approximate surface area is 95.4 Å². The molecule has 0 saturated carbocycles. The predicted octanol–water partition coefficient (Wildman–Crippen LogP) is 3.16. The fourth-order valence-corrected chi connectivity index (χ4v) is 2.62. The second kappa shape index (κ2) is 3.97. The van der Waals surface area contributed by atoms with E-state index in [0.29, 0.717) is 0 Å². The molecule has 0 saturated heterocycles. The zero-order valence-corrected chi connectivity index (χ0v) is 9.90. The minimum absolute atomic E-state index is 0.160. The van der Waals surface area contributed by atoms with Gasteiger partial charge in [-0.2, -0.15) is 0 Å². The van der Waals surface area contributed by atoms with Crippen LogP contribution >= 0.6 is 11.6 Å². The average Bonchev–Trinajstić information content (AvgIpc) is 2.54. The second-order valence-electron chi connectivity index (χ2n) is 4.19. The number of hydrogen-bond acceptors (Lipinski definition) is 1. The van der Waals surface area contributed by atoms with Gasteiger partial charge in [-0.3, -0.25) is 4.79 Å². The Hall–Kier alpha value is -0.820. The molecule has 0 aromatic heterocycles. The number of Topliss-reactive ketones (excluding diaryl/α,β-unsaturated/α-hetero) is 1. The van der Waals surface area contributed by atoms with E-state index in [0.717, 1.165) is 30.4 Å². The Morgan fingerprint density at radius 3 is 2.53 bits per heavy atom. The van der Waals surface area contributed by atoms with Gasteiger partial charge in [0.05, 0.1) is 0 Å². The Balaban J connectivity index is 2.50. The lowest BCUT2D eigenvalue weighted by Crippen LogP contribution is -2.01. The van der Waals surface area contributed by atoms with E-state index in [-0.39, 0.29) is 11.2 Å². The molecule has 0 spiro atoms. The summed E-state index contributed by atoms with van der Waals surface area (Å²) in [6.07, 6.45) is 2.76. The van der Waals surface area contributed by atoms with Gasteiger partial charge < -0.3 is 0 Å². The van der Waals surface area contributed by atoms with Crippen LogP contribution in [0.1, 0.15) is 40.9 Å². The van der Waals surface area contributed by atoms with E-state index in [9.17, 15) is 4.79 Å². The van der Waals surface area contributed by atoms with Crippen molar-refractivity contribution in [2.75, 3.05) is 0 Å². The number of benzene rings is 1. The number of aryl methyl sites for hydroxylation is 1. The van der Waals surface area contributed by atoms with Crippen molar-refractivity contribution < 1.29 is 4.79 Å². The zero-order valence-electron chi connectivity index (χ0n) is 9.14. The molecule has 15 heavy (non-hydrogen) atoms. The zero-order chi connectivity index (χ0) is 11.0. The molecule has 1 nitrogen and oxygen atoms in total. The standard InChI is InChI=1S/C13H15ClO/c1-3-9-4-10-5-12(14)6-11(10)7-13(9)8(2)15/h4,7,12H,3,5-6H2,1-2H3. The maximum absolute atomic E-state index is 11.5. The van der Waals surface area contributed by atoms with E-state index in [1.165, 1.54) is 11.1 Å². The fourth-order valence-electron chi connectivity index (χ4n) is 2.29. The molecular weight excluding hydrogens is 208 g/mol. The number of halogens is 1. The number of ketones is 1. The van der Waals surface area contributed by atoms with Gasteiger partial charge in [0, 0.05) is 10.9 Å². The first-order chi connectivity index (χ1) is 7.11. The minimum atomic E-state index is 0.160. The molecule has 1 atom stereocenters. The molecule has 0 fully saturated rings. The molecule has 0 radical (unpaired) electrons. The topological polar surface area (TPSA) is 17.1 Å². The minimum Gasteiger partial charge on any atom is -0.295 e. The number of alkyl halides is 1. The predicted molar refractivity (Wildman–Crippen MR) is 62.9 cm³/mol. The lowest BCUT2D eigenvalue weighted by molar-refractivity contribution is 0.101. The summed E-state index contributed by atoms with van der Waals surface area (Å²) in [5, 5.41) is 0.215. The van der Waals surface area contributed by atoms with Crippen LogP contribution in [0.4, 0.5) is 0 Å². The first-order valence-electron chi connectivity index (χ1n) is 5.41. The lowest BCUT2D eigenvalue weighted by atomic mass is 9.96. The molecule has 80 valence electrons. The van der Waals surface area contributed by atoms with Crippen molar-refractivity contribution in [1.82, 2.24) is 0 Å². The quantitative estimate of drug-likeness (QED) is 0.555. The monoisotopic (exact) mass is 222 g/mol. The summed E-state index contributed by atoms with van der Waals surface area (Å²) in [5.41, 5.74) is 4.63. The van der Waals surface area contributed by atoms with Crippen molar-refractivity contribution in [3.63, 3.8) is 0 Å². The van der Waals surface area contributed by atoms with Gasteiger partial charge in [-0.25, -0.2) is 0 Å². The number of carbonyl (C=O) groups is 1. The number of rotatable bonds is 2. The van der Waals surface area contributed by atoms with Crippen LogP contribution in [0.15, 0.2) is 12.1 Å². The van der Waals surface area contributed by atoms with Gasteiger partial charge >= 0.3 is 0 Å². The van der Waals surface area contributed by atoms with E-state index in [1.807, 2.05) is 6.07 Å². The summed E-state index contributed by atoms with van der Waals surface area (Å²) in [5.74, 6) is 0.160. The van der Waals surface area contributed by atoms with Gasteiger partial charge in [-0.1, -0.05) is 13.0 Å². The molecule has 0 N–H and O–H groups in total. The molecule has 1 unspecified atom stereocenters. The SMILES string of the molecule is CCc1cc2c(cc1C(C)=O)CC(Cl)C2. The highest BCUT2D eigenvalue weighted by atomic mass is 35.5. The summed E-state index contributed by atoms with van der Waals surface area (Å²) in [6.45, 7) is 3.72. The van der Waals surface area contributed by atoms with Gasteiger partial charge in [-0.05, 0) is 48.9 Å². The van der Waals surface area contributed by atoms with Crippen LogP contribution in [-0.2, 0) is 19.3 Å². The highest BCUT2D eigenvalue weighted by Crippen LogP contribution is 2.29. The van der Waals surface area contributed by atoms with Gasteiger partial charge in [0.25, 0.3) is 0 Å². The van der Waals surface area contributed by atoms with Crippen LogP contribution in [0.2, 0.25) is 0 Å². The molecule has 2 rings (SSSR count). The third-order valence-corrected chi connectivity index (χ3v) is 3.38. The molecule has 1 aromatic carbocycles. The summed E-state index contributed by atoms with van der Waals surface area (Å²) >= 11 is 6.12. The summed E-state index contributed by atoms with van der Waals surface area (Å²) in [4.78, 5) is 11.5. The van der Waals surface area contributed by atoms with Gasteiger partial charge in [0.2, 0.25) is 0 Å². The van der Waals surface area contributed by atoms with Crippen LogP contribution in [-0.4, -0.2) is 11.2 Å². The molecule has 0 amide bonds. The van der Waals surface area contributed by atoms with Crippen molar-refractivity contribution in [1.29, 1.82) is 0 Å². The molecule has 0 heterocycles. The van der Waals surface area contributed by atoms with E-state index < -0.39 is 0 Å². The van der Waals surface area contributed by atoms with E-state index in [1.54, 1.807) is 6.92 Å². The maximum Gasteiger partial charge on any atom is 0.160 e. The van der Waals surface area contributed by atoms with Gasteiger partial charge in [0.15, 0.2) is 5.78 Å². The number of fused-ring (bicyclic) bond motifs is 1. The molecule has 1 aromatic rings. The lowest BCUT2D eigenvalue weighted by Gasteiger charge is -2.08. The summed E-state index contributed by atoms with van der Waals surface area (Å²) < 4.78 is 0. The molecule has 0 aliphatic heterocycles. The maximum atomic E-state index is 11.5. The first kappa shape index (κ1) is 10.7. The molecular formula is C13H15ClO. The Bertz CT molecular complexity index is 409. The van der Waals surface area contributed by atoms with Crippen molar-refractivity contribution >= 4 is 17.4 Å². The van der Waals surface area contributed by atoms with Crippen LogP contribution in [0.3, 0.4) is 0 Å². The van der Waals surface area contributed by atoms with Crippen LogP contribution in [0, 0.1) is 0 Å². The van der Waals surface area contributed by atoms with Crippen molar-refractivity contribution in [2.45, 2.75) is 38.5 Å². The highest BCUT2D eigenvalue weighted by Gasteiger charge is 2.21. The normalized spacial score (nSPS) is 19.0. The molecule has 2 heteroatoms. The fraction of sp³-hybridized carbons (Fsp3) is 0.462. The second-order valence-corrected chi connectivity index (χ2v) is 4.81. The summed E-state index contributed by atoms with van der Waals surface area (Å²) in [7, 11) is 0. The van der Waals surface area contributed by atoms with Crippen molar-refractivity contribution in [2.24, 2.45) is 0 Å².